The van der Waals surface area contributed by atoms with Gasteiger partial charge in [-0.3, -0.25) is 0 Å². The highest BCUT2D eigenvalue weighted by atomic mass is 32.1. The smallest absolute Gasteiger partial charge is 0.263 e. The highest BCUT2D eigenvalue weighted by Gasteiger charge is 2.29. The number of allylic oxidation sites excluding steroid dienone is 2. The Hall–Kier alpha value is -8.84. The first-order chi connectivity index (χ1) is 52.0. The molecule has 542 valence electrons. The number of aryl methyl sites for hydroxylation is 2. The van der Waals surface area contributed by atoms with Gasteiger partial charge in [-0.15, -0.1) is 45.3 Å². The Morgan fingerprint density at radius 1 is 0.396 bits per heavy atom. The molecule has 0 aliphatic rings. The van der Waals surface area contributed by atoms with Crippen molar-refractivity contribution in [3.8, 4) is 40.0 Å². The molecule has 0 saturated heterocycles. The number of aromatic nitrogens is 2. The van der Waals surface area contributed by atoms with Crippen LogP contribution in [0.3, 0.4) is 0 Å². The molecule has 0 unspecified atom stereocenters. The van der Waals surface area contributed by atoms with E-state index < -0.39 is 0 Å². The van der Waals surface area contributed by atoms with Crippen LogP contribution in [0, 0.1) is 54.4 Å². The Morgan fingerprint density at radius 2 is 0.811 bits per heavy atom. The molecule has 106 heavy (non-hydrogen) atoms. The maximum Gasteiger partial charge on any atom is 0.263 e. The summed E-state index contributed by atoms with van der Waals surface area (Å²) in [6.07, 6.45) is 48.5. The van der Waals surface area contributed by atoms with Crippen molar-refractivity contribution < 1.29 is 0 Å². The van der Waals surface area contributed by atoms with Gasteiger partial charge in [0.2, 0.25) is 0 Å². The van der Waals surface area contributed by atoms with Gasteiger partial charge in [-0.1, -0.05) is 242 Å². The predicted octanol–water partition coefficient (Wildman–Crippen LogP) is 31.4. The summed E-state index contributed by atoms with van der Waals surface area (Å²) in [5, 5.41) is 36.2. The van der Waals surface area contributed by atoms with E-state index in [-0.39, 0.29) is 11.3 Å². The minimum atomic E-state index is 0.0839. The lowest BCUT2D eigenvalue weighted by molar-refractivity contribution is 0.488. The Kier molecular flexibility index (Phi) is 27.6. The largest absolute Gasteiger partial charge is 0.309 e. The molecule has 0 aliphatic heterocycles. The van der Waals surface area contributed by atoms with Gasteiger partial charge in [-0.2, -0.15) is 10.5 Å². The van der Waals surface area contributed by atoms with Crippen molar-refractivity contribution in [2.24, 2.45) is 0 Å². The first-order valence-electron chi connectivity index (χ1n) is 39.9. The van der Waals surface area contributed by atoms with Crippen molar-refractivity contribution in [3.05, 3.63) is 208 Å². The molecule has 10 heteroatoms. The van der Waals surface area contributed by atoms with Crippen molar-refractivity contribution in [1.82, 2.24) is 9.13 Å². The molecule has 6 heterocycles. The summed E-state index contributed by atoms with van der Waals surface area (Å²) in [7, 11) is 0. The maximum absolute atomic E-state index is 9.46. The monoisotopic (exact) mass is 1470 g/mol. The van der Waals surface area contributed by atoms with E-state index in [0.29, 0.717) is 11.8 Å². The van der Waals surface area contributed by atoms with E-state index in [2.05, 4.69) is 212 Å². The van der Waals surface area contributed by atoms with Crippen LogP contribution in [0.4, 0.5) is 0 Å². The molecule has 6 aromatic carbocycles. The number of unbranched alkanes of at least 4 members (excludes halogenated alkanes) is 20. The van der Waals surface area contributed by atoms with Crippen LogP contribution in [0.5, 0.6) is 0 Å². The van der Waals surface area contributed by atoms with Gasteiger partial charge in [0.05, 0.1) is 34.7 Å². The van der Waals surface area contributed by atoms with Crippen LogP contribution in [-0.4, -0.2) is 9.13 Å². The van der Waals surface area contributed by atoms with Gasteiger partial charge in [0.25, 0.3) is 5.70 Å². The normalized spacial score (nSPS) is 12.1. The summed E-state index contributed by atoms with van der Waals surface area (Å²) in [4.78, 5) is 10.0. The zero-order valence-electron chi connectivity index (χ0n) is 63.4. The zero-order valence-corrected chi connectivity index (χ0v) is 66.7. The van der Waals surface area contributed by atoms with Gasteiger partial charge in [0, 0.05) is 71.6 Å². The number of rotatable bonds is 39. The van der Waals surface area contributed by atoms with E-state index in [0.717, 1.165) is 53.0 Å². The fraction of sp³-hybridized carbons (Fsp3) is 0.375. The summed E-state index contributed by atoms with van der Waals surface area (Å²) in [5.74, 6) is 1.03. The number of nitriles is 3. The van der Waals surface area contributed by atoms with Crippen LogP contribution < -0.4 is 0 Å². The van der Waals surface area contributed by atoms with E-state index in [9.17, 15) is 15.8 Å². The lowest BCUT2D eigenvalue weighted by Gasteiger charge is -2.24. The average Bonchev–Trinajstić information content (AvgIpc) is 1.56. The molecular formula is C96H104N6S4. The number of thiophene rings is 4. The number of hydrogen-bond acceptors (Lipinski definition) is 7. The van der Waals surface area contributed by atoms with Crippen molar-refractivity contribution in [1.29, 1.82) is 15.8 Å². The third kappa shape index (κ3) is 18.6. The van der Waals surface area contributed by atoms with E-state index in [1.807, 2.05) is 42.5 Å². The van der Waals surface area contributed by atoms with Crippen LogP contribution in [0.25, 0.3) is 127 Å². The van der Waals surface area contributed by atoms with Crippen molar-refractivity contribution in [3.63, 3.8) is 0 Å². The summed E-state index contributed by atoms with van der Waals surface area (Å²) in [6.45, 7) is 21.3. The van der Waals surface area contributed by atoms with E-state index in [1.54, 1.807) is 66.1 Å². The molecule has 12 rings (SSSR count). The van der Waals surface area contributed by atoms with Gasteiger partial charge in [-0.25, -0.2) is 10.1 Å². The fourth-order valence-electron chi connectivity index (χ4n) is 16.2. The molecule has 0 aliphatic carbocycles. The quantitative estimate of drug-likeness (QED) is 0.0219. The maximum atomic E-state index is 9.46. The first kappa shape index (κ1) is 76.8. The first-order valence-corrected chi connectivity index (χ1v) is 43.1. The number of hydrogen-bond donors (Lipinski definition) is 0. The summed E-state index contributed by atoms with van der Waals surface area (Å²) >= 11 is 7.34. The van der Waals surface area contributed by atoms with Crippen LogP contribution in [-0.2, 0) is 0 Å². The average molecular weight is 1470 g/mol. The molecule has 0 fully saturated rings. The van der Waals surface area contributed by atoms with Gasteiger partial charge in [0.15, 0.2) is 0 Å². The Bertz CT molecular complexity index is 5130. The van der Waals surface area contributed by atoms with Crippen molar-refractivity contribution in [2.75, 3.05) is 0 Å². The number of benzene rings is 6. The third-order valence-corrected chi connectivity index (χ3v) is 26.0. The van der Waals surface area contributed by atoms with Gasteiger partial charge < -0.3 is 9.13 Å². The topological polar surface area (TPSA) is 85.6 Å². The highest BCUT2D eigenvalue weighted by molar-refractivity contribution is 7.23. The second-order valence-corrected chi connectivity index (χ2v) is 34.2. The summed E-state index contributed by atoms with van der Waals surface area (Å²) < 4.78 is 8.16. The Labute approximate surface area is 647 Å². The molecular weight excluding hydrogens is 1370 g/mol. The standard InChI is InChI=1S/C96H104N6S4/c1-8-12-16-20-24-28-32-72(33-29-25-21-17-13-9-2)93-86-57-68(6)103-95(86)94(73(34-30-26-22-18-14-10-3)35-31-27-23-19-15-11-4)87-63-92(106-96(87)93)74-43-55-83-85-62-90-84(61-91(85)102(89(83)59-74)77-46-39-70(40-47-77)41-48-78-50-52-80(104-78)58-71(64-97)65-98)82-54-36-67(5)56-88(82)101(90)76-44-37-69(38-45-76)42-49-79-51-53-81(105-79)60-75(66-99)100-7/h36-63,72-73H,8-35H2,1-6H3/b48-41+,49-42+,75-60-. The lowest BCUT2D eigenvalue weighted by Crippen LogP contribution is -2.05. The lowest BCUT2D eigenvalue weighted by atomic mass is 9.81. The molecule has 0 bridgehead atoms. The van der Waals surface area contributed by atoms with Crippen LogP contribution in [0.15, 0.2) is 145 Å². The fourth-order valence-corrected chi connectivity index (χ4v) is 20.3. The minimum Gasteiger partial charge on any atom is -0.309 e. The molecule has 6 nitrogen and oxygen atoms in total. The number of nitrogens with zero attached hydrogens (tertiary/aromatic N) is 6. The van der Waals surface area contributed by atoms with E-state index in [4.69, 9.17) is 6.57 Å². The predicted molar refractivity (Wildman–Crippen MR) is 464 cm³/mol. The highest BCUT2D eigenvalue weighted by Crippen LogP contribution is 2.53. The molecule has 0 radical (unpaired) electrons. The molecule has 0 amide bonds. The minimum absolute atomic E-state index is 0.0839. The van der Waals surface area contributed by atoms with Gasteiger partial charge in [-0.05, 0) is 205 Å². The molecule has 0 saturated carbocycles. The molecule has 0 atom stereocenters. The van der Waals surface area contributed by atoms with Crippen LogP contribution in [0.2, 0.25) is 0 Å². The van der Waals surface area contributed by atoms with Crippen molar-refractivity contribution in [2.45, 2.75) is 233 Å². The third-order valence-electron chi connectivity index (χ3n) is 21.7. The summed E-state index contributed by atoms with van der Waals surface area (Å²) in [6, 6.07) is 56.5. The van der Waals surface area contributed by atoms with E-state index in [1.165, 1.54) is 233 Å². The SMILES string of the molecule is [C-]#[N+]/C(C#N)=C\c1ccc(/C=C/c2ccc(-n3c4cc(C)ccc4c4cc5c(cc43)c3ccc(-c4cc6c(C(CCCCCCCC)CCCCCCCC)c7sc(C)cc7c(C(CCCCCCCC)CCCCCCCC)c6s4)cc3n5-c3ccc(/C=C/c4ccc(C=C(C#N)C#N)s4)cc3)cc2)s1. The second-order valence-electron chi connectivity index (χ2n) is 29.6. The molecule has 12 aromatic rings. The van der Waals surface area contributed by atoms with Crippen molar-refractivity contribution >= 4 is 146 Å². The second kappa shape index (κ2) is 38.1. The Balaban J connectivity index is 1.03. The molecule has 6 aromatic heterocycles. The zero-order chi connectivity index (χ0) is 73.7. The number of fused-ring (bicyclic) bond motifs is 8. The molecule has 0 N–H and O–H groups in total. The molecule has 0 spiro atoms. The van der Waals surface area contributed by atoms with Gasteiger partial charge in [0.1, 0.15) is 17.7 Å². The van der Waals surface area contributed by atoms with E-state index >= 15 is 0 Å². The summed E-state index contributed by atoms with van der Waals surface area (Å²) in [5.41, 5.74) is 15.0. The van der Waals surface area contributed by atoms with Crippen LogP contribution >= 0.6 is 45.3 Å². The van der Waals surface area contributed by atoms with Gasteiger partial charge >= 0.3 is 0 Å². The Morgan fingerprint density at radius 3 is 1.27 bits per heavy atom. The van der Waals surface area contributed by atoms with Crippen LogP contribution in [0.1, 0.15) is 272 Å².